The number of hydrogen-bond donors (Lipinski definition) is 3. The van der Waals surface area contributed by atoms with E-state index in [0.717, 1.165) is 25.0 Å². The molecule has 0 aliphatic carbocycles. The number of anilines is 2. The van der Waals surface area contributed by atoms with Crippen molar-refractivity contribution in [2.45, 2.75) is 44.6 Å². The van der Waals surface area contributed by atoms with E-state index in [-0.39, 0.29) is 16.5 Å². The Morgan fingerprint density at radius 2 is 2.14 bits per heavy atom. The van der Waals surface area contributed by atoms with Crippen molar-refractivity contribution in [1.29, 1.82) is 0 Å². The molecule has 2 heterocycles. The van der Waals surface area contributed by atoms with Gasteiger partial charge in [0.2, 0.25) is 0 Å². The summed E-state index contributed by atoms with van der Waals surface area (Å²) >= 11 is 0. The first kappa shape index (κ1) is 15.4. The van der Waals surface area contributed by atoms with Crippen LogP contribution in [0.5, 0.6) is 0 Å². The summed E-state index contributed by atoms with van der Waals surface area (Å²) in [6, 6.07) is 1.67. The van der Waals surface area contributed by atoms with E-state index >= 15 is 0 Å². The van der Waals surface area contributed by atoms with Crippen molar-refractivity contribution >= 4 is 21.7 Å². The number of aryl methyl sites for hydroxylation is 2. The van der Waals surface area contributed by atoms with E-state index in [9.17, 15) is 8.42 Å². The largest absolute Gasteiger partial charge is 0.381 e. The van der Waals surface area contributed by atoms with E-state index in [1.165, 1.54) is 10.9 Å². The summed E-state index contributed by atoms with van der Waals surface area (Å²) < 4.78 is 28.5. The van der Waals surface area contributed by atoms with Gasteiger partial charge in [-0.3, -0.25) is 14.5 Å². The Bertz CT molecular complexity index is 703. The molecule has 0 radical (unpaired) electrons. The van der Waals surface area contributed by atoms with Gasteiger partial charge in [-0.05, 0) is 12.8 Å². The van der Waals surface area contributed by atoms with Crippen molar-refractivity contribution in [2.24, 2.45) is 0 Å². The predicted octanol–water partition coefficient (Wildman–Crippen LogP) is 1.35. The lowest BCUT2D eigenvalue weighted by Crippen LogP contribution is -2.14. The molecule has 0 amide bonds. The highest BCUT2D eigenvalue weighted by molar-refractivity contribution is 7.92. The molecule has 2 aromatic heterocycles. The van der Waals surface area contributed by atoms with Gasteiger partial charge in [0.1, 0.15) is 4.90 Å². The third-order valence-corrected chi connectivity index (χ3v) is 4.26. The van der Waals surface area contributed by atoms with E-state index in [4.69, 9.17) is 5.73 Å². The van der Waals surface area contributed by atoms with Gasteiger partial charge in [0, 0.05) is 24.5 Å². The second kappa shape index (κ2) is 6.17. The number of nitrogens with one attached hydrogen (secondary N) is 2. The summed E-state index contributed by atoms with van der Waals surface area (Å²) in [5.41, 5.74) is 6.56. The Hall–Kier alpha value is -2.03. The molecule has 4 N–H and O–H groups in total. The fourth-order valence-corrected chi connectivity index (χ4v) is 3.04. The molecule has 2 rings (SSSR count). The minimum absolute atomic E-state index is 0.0136. The highest BCUT2D eigenvalue weighted by Gasteiger charge is 2.22. The Morgan fingerprint density at radius 1 is 1.38 bits per heavy atom. The van der Waals surface area contributed by atoms with E-state index in [1.807, 2.05) is 13.8 Å². The van der Waals surface area contributed by atoms with E-state index < -0.39 is 10.0 Å². The molecule has 0 atom stereocenters. The summed E-state index contributed by atoms with van der Waals surface area (Å²) in [4.78, 5) is -0.0315. The molecule has 0 aliphatic rings. The Balaban J connectivity index is 2.20. The third-order valence-electron chi connectivity index (χ3n) is 2.89. The molecule has 0 saturated carbocycles. The maximum atomic E-state index is 12.3. The van der Waals surface area contributed by atoms with Gasteiger partial charge in [-0.15, -0.1) is 0 Å². The number of nitrogens with zero attached hydrogens (tertiary/aromatic N) is 3. The number of nitrogen functional groups attached to an aromatic ring is 1. The second-order valence-corrected chi connectivity index (χ2v) is 6.43. The minimum atomic E-state index is -3.78. The number of sulfonamides is 1. The van der Waals surface area contributed by atoms with Crippen molar-refractivity contribution in [2.75, 3.05) is 10.5 Å². The molecule has 0 aliphatic heterocycles. The van der Waals surface area contributed by atoms with Gasteiger partial charge in [-0.1, -0.05) is 20.3 Å². The van der Waals surface area contributed by atoms with Gasteiger partial charge in [0.15, 0.2) is 11.6 Å². The van der Waals surface area contributed by atoms with Gasteiger partial charge in [0.25, 0.3) is 10.0 Å². The molecule has 0 aromatic carbocycles. The van der Waals surface area contributed by atoms with Gasteiger partial charge in [0.05, 0.1) is 0 Å². The SMILES string of the molecule is CCCc1cc(NS(=O)(=O)c2cn(CCC)nc2N)n[nH]1. The number of nitrogens with two attached hydrogens (primary N) is 1. The Morgan fingerprint density at radius 3 is 2.81 bits per heavy atom. The van der Waals surface area contributed by atoms with E-state index in [2.05, 4.69) is 20.0 Å². The zero-order valence-electron chi connectivity index (χ0n) is 12.1. The van der Waals surface area contributed by atoms with Crippen LogP contribution in [-0.4, -0.2) is 28.4 Å². The molecule has 0 fully saturated rings. The lowest BCUT2D eigenvalue weighted by Gasteiger charge is -2.02. The first-order valence-electron chi connectivity index (χ1n) is 6.86. The maximum absolute atomic E-state index is 12.3. The zero-order chi connectivity index (χ0) is 15.5. The average molecular weight is 312 g/mol. The molecule has 116 valence electrons. The standard InChI is InChI=1S/C12H20N6O2S/c1-3-5-9-7-11(15-14-9)17-21(19,20)10-8-18(6-4-2)16-12(10)13/h7-8H,3-6H2,1-2H3,(H2,13,16)(H2,14,15,17). The lowest BCUT2D eigenvalue weighted by atomic mass is 10.2. The van der Waals surface area contributed by atoms with Crippen LogP contribution in [0.1, 0.15) is 32.4 Å². The molecule has 0 saturated heterocycles. The van der Waals surface area contributed by atoms with Crippen LogP contribution in [0.3, 0.4) is 0 Å². The first-order chi connectivity index (χ1) is 9.96. The quantitative estimate of drug-likeness (QED) is 0.713. The number of aromatic nitrogens is 4. The van der Waals surface area contributed by atoms with E-state index in [1.54, 1.807) is 6.07 Å². The fraction of sp³-hybridized carbons (Fsp3) is 0.500. The molecule has 21 heavy (non-hydrogen) atoms. The van der Waals surface area contributed by atoms with Crippen LogP contribution in [0.15, 0.2) is 17.2 Å². The summed E-state index contributed by atoms with van der Waals surface area (Å²) in [7, 11) is -3.78. The molecule has 9 heteroatoms. The monoisotopic (exact) mass is 312 g/mol. The molecule has 0 bridgehead atoms. The zero-order valence-corrected chi connectivity index (χ0v) is 12.9. The predicted molar refractivity (Wildman–Crippen MR) is 80.3 cm³/mol. The van der Waals surface area contributed by atoms with Crippen LogP contribution in [0, 0.1) is 0 Å². The van der Waals surface area contributed by atoms with Crippen LogP contribution in [-0.2, 0) is 23.0 Å². The molecular weight excluding hydrogens is 292 g/mol. The summed E-state index contributed by atoms with van der Waals surface area (Å²) in [6.45, 7) is 4.62. The fourth-order valence-electron chi connectivity index (χ4n) is 1.97. The highest BCUT2D eigenvalue weighted by atomic mass is 32.2. The molecule has 8 nitrogen and oxygen atoms in total. The van der Waals surface area contributed by atoms with Crippen molar-refractivity contribution in [3.63, 3.8) is 0 Å². The number of rotatable bonds is 7. The van der Waals surface area contributed by atoms with Gasteiger partial charge >= 0.3 is 0 Å². The topological polar surface area (TPSA) is 119 Å². The van der Waals surface area contributed by atoms with Crippen molar-refractivity contribution in [3.05, 3.63) is 18.0 Å². The Labute approximate surface area is 123 Å². The van der Waals surface area contributed by atoms with Crippen LogP contribution in [0.2, 0.25) is 0 Å². The molecule has 2 aromatic rings. The van der Waals surface area contributed by atoms with Gasteiger partial charge in [-0.25, -0.2) is 8.42 Å². The van der Waals surface area contributed by atoms with Crippen LogP contribution in [0.4, 0.5) is 11.6 Å². The average Bonchev–Trinajstić information content (AvgIpc) is 2.97. The van der Waals surface area contributed by atoms with Crippen molar-refractivity contribution < 1.29 is 8.42 Å². The third kappa shape index (κ3) is 3.54. The van der Waals surface area contributed by atoms with E-state index in [0.29, 0.717) is 6.54 Å². The Kier molecular flexibility index (Phi) is 4.51. The minimum Gasteiger partial charge on any atom is -0.381 e. The summed E-state index contributed by atoms with van der Waals surface area (Å²) in [5, 5.41) is 10.7. The maximum Gasteiger partial charge on any atom is 0.268 e. The smallest absolute Gasteiger partial charge is 0.268 e. The number of hydrogen-bond acceptors (Lipinski definition) is 5. The number of aromatic amines is 1. The van der Waals surface area contributed by atoms with Crippen LogP contribution in [0.25, 0.3) is 0 Å². The first-order valence-corrected chi connectivity index (χ1v) is 8.34. The second-order valence-electron chi connectivity index (χ2n) is 4.78. The normalized spacial score (nSPS) is 11.7. The van der Waals surface area contributed by atoms with Crippen molar-refractivity contribution in [1.82, 2.24) is 20.0 Å². The summed E-state index contributed by atoms with van der Waals surface area (Å²) in [5.74, 6) is 0.237. The van der Waals surface area contributed by atoms with Crippen molar-refractivity contribution in [3.8, 4) is 0 Å². The molecule has 0 unspecified atom stereocenters. The summed E-state index contributed by atoms with van der Waals surface area (Å²) in [6.07, 6.45) is 4.03. The lowest BCUT2D eigenvalue weighted by molar-refractivity contribution is 0.595. The number of H-pyrrole nitrogens is 1. The highest BCUT2D eigenvalue weighted by Crippen LogP contribution is 2.20. The molecular formula is C12H20N6O2S. The van der Waals surface area contributed by atoms with Gasteiger partial charge in [-0.2, -0.15) is 10.2 Å². The van der Waals surface area contributed by atoms with Crippen LogP contribution < -0.4 is 10.5 Å². The van der Waals surface area contributed by atoms with Crippen LogP contribution >= 0.6 is 0 Å². The molecule has 0 spiro atoms. The van der Waals surface area contributed by atoms with Gasteiger partial charge < -0.3 is 5.73 Å².